The van der Waals surface area contributed by atoms with E-state index in [1.165, 1.54) is 6.92 Å². The second kappa shape index (κ2) is 7.37. The van der Waals surface area contributed by atoms with Gasteiger partial charge in [-0.05, 0) is 63.4 Å². The monoisotopic (exact) mass is 456 g/mol. The zero-order valence-corrected chi connectivity index (χ0v) is 19.8. The van der Waals surface area contributed by atoms with E-state index in [0.717, 1.165) is 35.3 Å². The molecule has 0 N–H and O–H groups in total. The summed E-state index contributed by atoms with van der Waals surface area (Å²) >= 11 is 5.63. The second-order valence-corrected chi connectivity index (χ2v) is 9.47. The highest BCUT2D eigenvalue weighted by Crippen LogP contribution is 2.66. The molecular weight excluding hydrogens is 428 g/mol. The molecule has 2 bridgehead atoms. The molecule has 1 saturated carbocycles. The lowest BCUT2D eigenvalue weighted by atomic mass is 9.87. The number of fused-ring (bicyclic) bond motifs is 3. The van der Waals surface area contributed by atoms with Crippen LogP contribution in [0.3, 0.4) is 0 Å². The van der Waals surface area contributed by atoms with Gasteiger partial charge in [-0.1, -0.05) is 25.1 Å². The van der Waals surface area contributed by atoms with Crippen molar-refractivity contribution in [3.05, 3.63) is 45.9 Å². The van der Waals surface area contributed by atoms with Gasteiger partial charge in [0.05, 0.1) is 0 Å². The molecule has 1 unspecified atom stereocenters. The topological polar surface area (TPSA) is 71.8 Å². The van der Waals surface area contributed by atoms with Crippen LogP contribution >= 0.6 is 12.2 Å². The minimum absolute atomic E-state index is 0.329. The van der Waals surface area contributed by atoms with Crippen molar-refractivity contribution in [3.63, 3.8) is 0 Å². The highest BCUT2D eigenvalue weighted by atomic mass is 32.1. The van der Waals surface area contributed by atoms with Crippen LogP contribution in [0.5, 0.6) is 11.6 Å². The summed E-state index contributed by atoms with van der Waals surface area (Å²) in [5.41, 5.74) is 1.86. The quantitative estimate of drug-likeness (QED) is 0.469. The molecule has 3 aliphatic rings. The summed E-state index contributed by atoms with van der Waals surface area (Å²) in [6.45, 7) is 9.41. The molecular formula is C24H28N2O5S. The van der Waals surface area contributed by atoms with E-state index < -0.39 is 24.0 Å². The lowest BCUT2D eigenvalue weighted by Gasteiger charge is -2.38. The smallest absolute Gasteiger partial charge is 0.303 e. The molecule has 1 aromatic carbocycles. The number of rotatable bonds is 5. The third-order valence-corrected chi connectivity index (χ3v) is 7.30. The number of para-hydroxylation sites is 1. The fourth-order valence-electron chi connectivity index (χ4n) is 5.32. The summed E-state index contributed by atoms with van der Waals surface area (Å²) < 4.78 is 27.1. The van der Waals surface area contributed by atoms with E-state index in [-0.39, 0.29) is 11.6 Å². The maximum absolute atomic E-state index is 11.9. The lowest BCUT2D eigenvalue weighted by Crippen LogP contribution is -2.49. The molecule has 2 aromatic rings. The normalized spacial score (nSPS) is 29.3. The molecule has 32 heavy (non-hydrogen) atoms. The second-order valence-electron chi connectivity index (χ2n) is 9.10. The van der Waals surface area contributed by atoms with Crippen LogP contribution in [0.15, 0.2) is 24.4 Å². The molecule has 1 spiro atoms. The summed E-state index contributed by atoms with van der Waals surface area (Å²) in [6.07, 6.45) is 2.98. The van der Waals surface area contributed by atoms with Gasteiger partial charge in [0.1, 0.15) is 23.1 Å². The zero-order chi connectivity index (χ0) is 22.8. The molecule has 4 atom stereocenters. The van der Waals surface area contributed by atoms with Crippen molar-refractivity contribution in [3.8, 4) is 11.6 Å². The van der Waals surface area contributed by atoms with Crippen molar-refractivity contribution in [1.82, 2.24) is 9.55 Å². The molecule has 3 heterocycles. The van der Waals surface area contributed by atoms with Crippen molar-refractivity contribution in [1.29, 1.82) is 0 Å². The number of benzene rings is 1. The predicted octanol–water partition coefficient (Wildman–Crippen LogP) is 4.87. The van der Waals surface area contributed by atoms with Gasteiger partial charge in [0, 0.05) is 18.7 Å². The van der Waals surface area contributed by atoms with Crippen LogP contribution in [-0.2, 0) is 19.0 Å². The Morgan fingerprint density at radius 3 is 2.50 bits per heavy atom. The number of ether oxygens (including phenoxy) is 4. The highest BCUT2D eigenvalue weighted by molar-refractivity contribution is 7.71. The molecule has 170 valence electrons. The average Bonchev–Trinajstić information content (AvgIpc) is 3.39. The lowest BCUT2D eigenvalue weighted by molar-refractivity contribution is -0.226. The van der Waals surface area contributed by atoms with Gasteiger partial charge in [0.15, 0.2) is 12.3 Å². The van der Waals surface area contributed by atoms with Gasteiger partial charge in [-0.25, -0.2) is 0 Å². The minimum atomic E-state index is -0.663. The molecule has 1 aromatic heterocycles. The molecule has 8 heteroatoms. The molecule has 5 rings (SSSR count). The maximum atomic E-state index is 11.9. The van der Waals surface area contributed by atoms with Gasteiger partial charge in [0.25, 0.3) is 0 Å². The van der Waals surface area contributed by atoms with E-state index in [1.807, 2.05) is 45.2 Å². The Balaban J connectivity index is 1.49. The zero-order valence-electron chi connectivity index (χ0n) is 19.0. The van der Waals surface area contributed by atoms with Crippen molar-refractivity contribution >= 4 is 18.2 Å². The Kier molecular flexibility index (Phi) is 4.96. The average molecular weight is 457 g/mol. The maximum Gasteiger partial charge on any atom is 0.303 e. The van der Waals surface area contributed by atoms with E-state index in [9.17, 15) is 4.79 Å². The van der Waals surface area contributed by atoms with Gasteiger partial charge in [-0.2, -0.15) is 4.98 Å². The van der Waals surface area contributed by atoms with E-state index in [0.29, 0.717) is 17.1 Å². The number of carbonyl (C=O) groups excluding carboxylic acids is 1. The Morgan fingerprint density at radius 2 is 1.91 bits per heavy atom. The van der Waals surface area contributed by atoms with Crippen molar-refractivity contribution in [2.45, 2.75) is 83.5 Å². The number of aromatic nitrogens is 2. The highest BCUT2D eigenvalue weighted by Gasteiger charge is 2.79. The molecule has 2 aliphatic heterocycles. The van der Waals surface area contributed by atoms with Gasteiger partial charge in [0.2, 0.25) is 10.7 Å². The molecule has 1 aliphatic carbocycles. The number of carbonyl (C=O) groups is 1. The summed E-state index contributed by atoms with van der Waals surface area (Å²) in [5.74, 6) is 0.914. The number of aryl methyl sites for hydroxylation is 3. The van der Waals surface area contributed by atoms with Crippen molar-refractivity contribution < 1.29 is 23.7 Å². The Bertz CT molecular complexity index is 1140. The van der Waals surface area contributed by atoms with Crippen LogP contribution in [0.4, 0.5) is 0 Å². The van der Waals surface area contributed by atoms with Gasteiger partial charge in [-0.3, -0.25) is 9.36 Å². The Labute approximate surface area is 192 Å². The van der Waals surface area contributed by atoms with Crippen molar-refractivity contribution in [2.75, 3.05) is 0 Å². The van der Waals surface area contributed by atoms with E-state index >= 15 is 0 Å². The third-order valence-electron chi connectivity index (χ3n) is 7.00. The van der Waals surface area contributed by atoms with Crippen LogP contribution in [0.25, 0.3) is 0 Å². The van der Waals surface area contributed by atoms with E-state index in [1.54, 1.807) is 4.57 Å². The standard InChI is InChI=1S/C24H28N2O5S/c1-6-24-19(28-16(5)27)18(30-23(24)10-11-23)21(31-24)26-12-15(4)20(25-22(26)32)29-17-13(2)8-7-9-14(17)3/h7-9,12,18-19,21H,6,10-11H2,1-5H3/t18-,19?,21+,24+/m0/s1. The summed E-state index contributed by atoms with van der Waals surface area (Å²) in [5, 5.41) is 0. The number of hydrogen-bond donors (Lipinski definition) is 0. The van der Waals surface area contributed by atoms with E-state index in [2.05, 4.69) is 11.9 Å². The first-order valence-corrected chi connectivity index (χ1v) is 11.5. The van der Waals surface area contributed by atoms with Crippen LogP contribution in [0, 0.1) is 25.5 Å². The summed E-state index contributed by atoms with van der Waals surface area (Å²) in [7, 11) is 0. The van der Waals surface area contributed by atoms with Crippen LogP contribution in [0.2, 0.25) is 0 Å². The van der Waals surface area contributed by atoms with Crippen LogP contribution in [-0.4, -0.2) is 38.9 Å². The van der Waals surface area contributed by atoms with Gasteiger partial charge in [-0.15, -0.1) is 0 Å². The molecule has 3 fully saturated rings. The largest absolute Gasteiger partial charge is 0.456 e. The molecule has 2 saturated heterocycles. The van der Waals surface area contributed by atoms with Gasteiger partial charge < -0.3 is 18.9 Å². The first-order valence-electron chi connectivity index (χ1n) is 11.1. The van der Waals surface area contributed by atoms with Crippen LogP contribution in [0.1, 0.15) is 56.0 Å². The van der Waals surface area contributed by atoms with E-state index in [4.69, 9.17) is 31.2 Å². The number of hydrogen-bond acceptors (Lipinski definition) is 7. The Hall–Kier alpha value is -2.29. The predicted molar refractivity (Wildman–Crippen MR) is 119 cm³/mol. The molecule has 0 amide bonds. The number of nitrogens with zero attached hydrogens (tertiary/aromatic N) is 2. The first kappa shape index (κ1) is 21.6. The molecule has 0 radical (unpaired) electrons. The van der Waals surface area contributed by atoms with Crippen molar-refractivity contribution in [2.24, 2.45) is 0 Å². The summed E-state index contributed by atoms with van der Waals surface area (Å²) in [4.78, 5) is 16.4. The van der Waals surface area contributed by atoms with Gasteiger partial charge >= 0.3 is 5.97 Å². The van der Waals surface area contributed by atoms with Crippen LogP contribution < -0.4 is 4.74 Å². The minimum Gasteiger partial charge on any atom is -0.456 e. The summed E-state index contributed by atoms with van der Waals surface area (Å²) in [6, 6.07) is 6.00. The third kappa shape index (κ3) is 3.03. The first-order chi connectivity index (χ1) is 15.2. The fraction of sp³-hybridized carbons (Fsp3) is 0.542. The Morgan fingerprint density at radius 1 is 1.22 bits per heavy atom. The number of esters is 1. The SMILES string of the molecule is CC[C@]12O[C@@H](n3cc(C)c(Oc4c(C)cccc4C)nc3=S)[C@@H](OC13CC3)C2OC(C)=O. The molecule has 7 nitrogen and oxygen atoms in total. The fourth-order valence-corrected chi connectivity index (χ4v) is 5.56.